The van der Waals surface area contributed by atoms with Crippen LogP contribution >= 0.6 is 27.5 Å². The number of nitrogens with zero attached hydrogens (tertiary/aromatic N) is 2. The molecular formula is C21H21BrClN3O5. The van der Waals surface area contributed by atoms with Gasteiger partial charge in [0.1, 0.15) is 42.7 Å². The number of benzene rings is 2. The summed E-state index contributed by atoms with van der Waals surface area (Å²) in [5.74, 6) is 1.38. The van der Waals surface area contributed by atoms with Gasteiger partial charge in [0.2, 0.25) is 0 Å². The number of hydroxylamine groups is 1. The molecule has 0 saturated carbocycles. The summed E-state index contributed by atoms with van der Waals surface area (Å²) in [5.41, 5.74) is 2.48. The molecular weight excluding hydrogens is 490 g/mol. The van der Waals surface area contributed by atoms with Crippen molar-refractivity contribution >= 4 is 44.7 Å². The van der Waals surface area contributed by atoms with Crippen molar-refractivity contribution in [3.8, 4) is 5.75 Å². The Morgan fingerprint density at radius 2 is 2.03 bits per heavy atom. The molecule has 0 unspecified atom stereocenters. The number of ether oxygens (including phenoxy) is 3. The minimum Gasteiger partial charge on any atom is -0.497 e. The minimum atomic E-state index is -0.622. The number of aliphatic imine (C=N–C) groups is 1. The molecule has 3 aliphatic rings. The van der Waals surface area contributed by atoms with Crippen molar-refractivity contribution in [1.29, 1.82) is 0 Å². The van der Waals surface area contributed by atoms with Crippen LogP contribution in [0.3, 0.4) is 0 Å². The highest BCUT2D eigenvalue weighted by Crippen LogP contribution is 2.34. The van der Waals surface area contributed by atoms with Gasteiger partial charge in [-0.2, -0.15) is 0 Å². The number of methoxy groups -OCH3 is 1. The van der Waals surface area contributed by atoms with E-state index in [0.29, 0.717) is 23.2 Å². The van der Waals surface area contributed by atoms with Crippen LogP contribution in [-0.4, -0.2) is 62.4 Å². The Kier molecular flexibility index (Phi) is 5.80. The van der Waals surface area contributed by atoms with Gasteiger partial charge in [0.15, 0.2) is 0 Å². The average Bonchev–Trinajstić information content (AvgIpc) is 3.35. The zero-order valence-corrected chi connectivity index (χ0v) is 19.0. The SMILES string of the molecule is COc1ccc2c(c1)C(Nc1ccc(Br)c(Cl)c1)=NCN2O[C@@H]1CO[C@@H]2[C@H]1OC[C@H]2O. The molecule has 2 fully saturated rings. The second-order valence-corrected chi connectivity index (χ2v) is 8.73. The fourth-order valence-corrected chi connectivity index (χ4v) is 4.38. The van der Waals surface area contributed by atoms with E-state index >= 15 is 0 Å². The maximum absolute atomic E-state index is 9.97. The van der Waals surface area contributed by atoms with E-state index in [0.717, 1.165) is 21.4 Å². The van der Waals surface area contributed by atoms with Crippen molar-refractivity contribution in [2.75, 3.05) is 37.4 Å². The molecule has 2 saturated heterocycles. The number of anilines is 2. The molecule has 2 aromatic rings. The summed E-state index contributed by atoms with van der Waals surface area (Å²) in [7, 11) is 1.62. The number of aliphatic hydroxyl groups is 1. The highest BCUT2D eigenvalue weighted by atomic mass is 79.9. The lowest BCUT2D eigenvalue weighted by atomic mass is 10.1. The van der Waals surface area contributed by atoms with Crippen molar-refractivity contribution in [2.45, 2.75) is 24.4 Å². The van der Waals surface area contributed by atoms with Crippen LogP contribution in [0.2, 0.25) is 5.02 Å². The van der Waals surface area contributed by atoms with Gasteiger partial charge >= 0.3 is 0 Å². The first-order valence-corrected chi connectivity index (χ1v) is 11.0. The highest BCUT2D eigenvalue weighted by molar-refractivity contribution is 9.10. The molecule has 2 N–H and O–H groups in total. The van der Waals surface area contributed by atoms with Gasteiger partial charge in [0.25, 0.3) is 0 Å². The van der Waals surface area contributed by atoms with Crippen LogP contribution in [0.4, 0.5) is 11.4 Å². The number of nitrogens with one attached hydrogen (secondary N) is 1. The Bertz CT molecular complexity index is 1020. The summed E-state index contributed by atoms with van der Waals surface area (Å²) >= 11 is 9.64. The minimum absolute atomic E-state index is 0.255. The fraction of sp³-hybridized carbons (Fsp3) is 0.381. The van der Waals surface area contributed by atoms with E-state index < -0.39 is 6.10 Å². The predicted octanol–water partition coefficient (Wildman–Crippen LogP) is 3.21. The summed E-state index contributed by atoms with van der Waals surface area (Å²) in [6, 6.07) is 11.3. The van der Waals surface area contributed by atoms with Gasteiger partial charge in [-0.15, -0.1) is 0 Å². The number of aliphatic hydroxyl groups excluding tert-OH is 1. The topological polar surface area (TPSA) is 84.8 Å². The maximum atomic E-state index is 9.97. The first kappa shape index (κ1) is 21.0. The molecule has 4 atom stereocenters. The number of fused-ring (bicyclic) bond motifs is 2. The summed E-state index contributed by atoms with van der Waals surface area (Å²) in [5, 5.41) is 15.6. The molecule has 0 bridgehead atoms. The Morgan fingerprint density at radius 1 is 1.19 bits per heavy atom. The first-order chi connectivity index (χ1) is 15.0. The van der Waals surface area contributed by atoms with E-state index in [1.54, 1.807) is 12.2 Å². The van der Waals surface area contributed by atoms with Gasteiger partial charge in [0.05, 0.1) is 31.0 Å². The monoisotopic (exact) mass is 509 g/mol. The number of rotatable bonds is 4. The van der Waals surface area contributed by atoms with Gasteiger partial charge < -0.3 is 24.6 Å². The van der Waals surface area contributed by atoms with Crippen LogP contribution in [-0.2, 0) is 14.3 Å². The van der Waals surface area contributed by atoms with E-state index in [9.17, 15) is 5.11 Å². The second kappa shape index (κ2) is 8.57. The number of amidine groups is 1. The zero-order chi connectivity index (χ0) is 21.5. The second-order valence-electron chi connectivity index (χ2n) is 7.47. The van der Waals surface area contributed by atoms with Gasteiger partial charge in [-0.05, 0) is 52.3 Å². The summed E-state index contributed by atoms with van der Waals surface area (Å²) < 4.78 is 17.6. The third kappa shape index (κ3) is 4.02. The lowest BCUT2D eigenvalue weighted by Crippen LogP contribution is -2.41. The van der Waals surface area contributed by atoms with E-state index in [2.05, 4.69) is 26.2 Å². The molecule has 0 radical (unpaired) electrons. The third-order valence-electron chi connectivity index (χ3n) is 5.51. The molecule has 31 heavy (non-hydrogen) atoms. The van der Waals surface area contributed by atoms with Crippen LogP contribution in [0.25, 0.3) is 0 Å². The van der Waals surface area contributed by atoms with Crippen LogP contribution in [0.5, 0.6) is 5.75 Å². The number of hydrogen-bond donors (Lipinski definition) is 2. The van der Waals surface area contributed by atoms with Crippen molar-refractivity contribution in [3.63, 3.8) is 0 Å². The molecule has 5 rings (SSSR count). The third-order valence-corrected chi connectivity index (χ3v) is 6.74. The largest absolute Gasteiger partial charge is 0.497 e. The van der Waals surface area contributed by atoms with E-state index in [1.807, 2.05) is 36.4 Å². The van der Waals surface area contributed by atoms with Crippen molar-refractivity contribution in [1.82, 2.24) is 0 Å². The quantitative estimate of drug-likeness (QED) is 0.653. The first-order valence-electron chi connectivity index (χ1n) is 9.84. The summed E-state index contributed by atoms with van der Waals surface area (Å²) in [4.78, 5) is 10.9. The van der Waals surface area contributed by atoms with Crippen LogP contribution in [0, 0.1) is 0 Å². The van der Waals surface area contributed by atoms with Crippen molar-refractivity contribution < 1.29 is 24.2 Å². The standard InChI is InChI=1S/C21H21BrClN3O5/c1-28-12-3-5-16-13(7-12)21(25-11-2-4-14(22)15(23)6-11)24-10-26(16)31-18-9-30-19-17(27)8-29-20(18)19/h2-7,17-20,27H,8-10H2,1H3,(H,24,25)/t17-,18-,19+,20+/m1/s1. The zero-order valence-electron chi connectivity index (χ0n) is 16.6. The molecule has 3 heterocycles. The summed E-state index contributed by atoms with van der Waals surface area (Å²) in [6.45, 7) is 0.883. The molecule has 0 amide bonds. The van der Waals surface area contributed by atoms with E-state index in [1.165, 1.54) is 0 Å². The maximum Gasteiger partial charge on any atom is 0.138 e. The fourth-order valence-electron chi connectivity index (χ4n) is 3.95. The highest BCUT2D eigenvalue weighted by Gasteiger charge is 2.49. The van der Waals surface area contributed by atoms with Gasteiger partial charge in [-0.25, -0.2) is 10.1 Å². The van der Waals surface area contributed by atoms with Crippen LogP contribution in [0.15, 0.2) is 45.9 Å². The number of hydrogen-bond acceptors (Lipinski definition) is 8. The molecule has 10 heteroatoms. The molecule has 3 aliphatic heterocycles. The van der Waals surface area contributed by atoms with Gasteiger partial charge in [0, 0.05) is 15.7 Å². The molecule has 0 spiro atoms. The molecule has 8 nitrogen and oxygen atoms in total. The van der Waals surface area contributed by atoms with Crippen LogP contribution in [0.1, 0.15) is 5.56 Å². The predicted molar refractivity (Wildman–Crippen MR) is 120 cm³/mol. The summed E-state index contributed by atoms with van der Waals surface area (Å²) in [6.07, 6.45) is -1.60. The van der Waals surface area contributed by atoms with E-state index in [-0.39, 0.29) is 31.6 Å². The Balaban J connectivity index is 1.40. The molecule has 0 aromatic heterocycles. The van der Waals surface area contributed by atoms with Crippen LogP contribution < -0.4 is 15.1 Å². The number of halogens is 2. The van der Waals surface area contributed by atoms with Crippen molar-refractivity contribution in [2.24, 2.45) is 4.99 Å². The lowest BCUT2D eigenvalue weighted by Gasteiger charge is -2.32. The van der Waals surface area contributed by atoms with Gasteiger partial charge in [-0.3, -0.25) is 4.84 Å². The molecule has 0 aliphatic carbocycles. The molecule has 2 aromatic carbocycles. The Hall–Kier alpha value is -1.88. The lowest BCUT2D eigenvalue weighted by molar-refractivity contribution is -0.0470. The Labute approximate surface area is 192 Å². The average molecular weight is 511 g/mol. The van der Waals surface area contributed by atoms with Gasteiger partial charge in [-0.1, -0.05) is 11.6 Å². The smallest absolute Gasteiger partial charge is 0.138 e. The van der Waals surface area contributed by atoms with Crippen molar-refractivity contribution in [3.05, 3.63) is 51.5 Å². The molecule has 164 valence electrons. The van der Waals surface area contributed by atoms with E-state index in [4.69, 9.17) is 30.6 Å². The normalized spacial score (nSPS) is 27.0. The Morgan fingerprint density at radius 3 is 2.84 bits per heavy atom.